The zero-order valence-electron chi connectivity index (χ0n) is 14.2. The molecule has 0 saturated heterocycles. The molecule has 4 nitrogen and oxygen atoms in total. The van der Waals surface area contributed by atoms with Gasteiger partial charge in [0.25, 0.3) is 5.56 Å². The van der Waals surface area contributed by atoms with E-state index in [0.717, 1.165) is 17.7 Å². The largest absolute Gasteiger partial charge is 0.416 e. The first kappa shape index (κ1) is 17.1. The van der Waals surface area contributed by atoms with Gasteiger partial charge in [0.1, 0.15) is 0 Å². The molecular formula is C20H14F3N3O. The Labute approximate surface area is 152 Å². The van der Waals surface area contributed by atoms with E-state index in [1.807, 2.05) is 30.3 Å². The maximum Gasteiger partial charge on any atom is 0.416 e. The van der Waals surface area contributed by atoms with Crippen molar-refractivity contribution in [3.8, 4) is 16.9 Å². The first-order valence-electron chi connectivity index (χ1n) is 8.20. The topological polar surface area (TPSA) is 39.3 Å². The van der Waals surface area contributed by atoms with E-state index in [0.29, 0.717) is 17.0 Å². The standard InChI is InChI=1S/C20H14F3N3O/c1-13-10-19(27)26-18(24-13)12-17(14-6-3-2-4-7-14)25(26)16-9-5-8-15(11-16)20(21,22)23/h2-12H,1H3. The van der Waals surface area contributed by atoms with Crippen LogP contribution in [0.5, 0.6) is 0 Å². The molecule has 0 aliphatic carbocycles. The molecule has 0 unspecified atom stereocenters. The Morgan fingerprint density at radius 3 is 2.37 bits per heavy atom. The third-order valence-corrected chi connectivity index (χ3v) is 4.23. The zero-order valence-corrected chi connectivity index (χ0v) is 14.2. The van der Waals surface area contributed by atoms with Crippen LogP contribution in [0, 0.1) is 6.92 Å². The van der Waals surface area contributed by atoms with E-state index in [2.05, 4.69) is 4.98 Å². The van der Waals surface area contributed by atoms with Gasteiger partial charge in [-0.2, -0.15) is 17.7 Å². The highest BCUT2D eigenvalue weighted by Gasteiger charge is 2.31. The number of hydrogen-bond donors (Lipinski definition) is 0. The number of fused-ring (bicyclic) bond motifs is 1. The minimum absolute atomic E-state index is 0.228. The fourth-order valence-corrected chi connectivity index (χ4v) is 3.08. The highest BCUT2D eigenvalue weighted by atomic mass is 19.4. The lowest BCUT2D eigenvalue weighted by atomic mass is 10.1. The van der Waals surface area contributed by atoms with Crippen LogP contribution in [0.4, 0.5) is 13.2 Å². The van der Waals surface area contributed by atoms with E-state index in [-0.39, 0.29) is 11.2 Å². The maximum atomic E-state index is 13.2. The molecule has 27 heavy (non-hydrogen) atoms. The van der Waals surface area contributed by atoms with Crippen molar-refractivity contribution in [2.75, 3.05) is 0 Å². The van der Waals surface area contributed by atoms with E-state index < -0.39 is 11.7 Å². The first-order valence-corrected chi connectivity index (χ1v) is 8.20. The predicted octanol–water partition coefficient (Wildman–Crippen LogP) is 4.48. The molecule has 7 heteroatoms. The Morgan fingerprint density at radius 2 is 1.67 bits per heavy atom. The number of benzene rings is 2. The Balaban J connectivity index is 2.09. The van der Waals surface area contributed by atoms with Gasteiger partial charge in [0.15, 0.2) is 5.65 Å². The monoisotopic (exact) mass is 369 g/mol. The highest BCUT2D eigenvalue weighted by molar-refractivity contribution is 5.67. The van der Waals surface area contributed by atoms with Crippen molar-refractivity contribution in [3.05, 3.63) is 88.3 Å². The molecule has 0 aliphatic rings. The first-order chi connectivity index (χ1) is 12.8. The summed E-state index contributed by atoms with van der Waals surface area (Å²) in [5, 5.41) is 0. The number of aryl methyl sites for hydroxylation is 1. The van der Waals surface area contributed by atoms with Crippen molar-refractivity contribution >= 4 is 5.65 Å². The number of halogens is 3. The molecule has 0 amide bonds. The van der Waals surface area contributed by atoms with Crippen LogP contribution in [0.1, 0.15) is 11.3 Å². The molecule has 0 spiro atoms. The van der Waals surface area contributed by atoms with Crippen molar-refractivity contribution in [1.82, 2.24) is 14.2 Å². The van der Waals surface area contributed by atoms with Gasteiger partial charge in [-0.25, -0.2) is 9.67 Å². The minimum Gasteiger partial charge on any atom is -0.267 e. The summed E-state index contributed by atoms with van der Waals surface area (Å²) in [5.41, 5.74) is 1.33. The third kappa shape index (κ3) is 3.01. The average Bonchev–Trinajstić information content (AvgIpc) is 3.01. The van der Waals surface area contributed by atoms with Crippen molar-refractivity contribution in [1.29, 1.82) is 0 Å². The van der Waals surface area contributed by atoms with Crippen molar-refractivity contribution in [3.63, 3.8) is 0 Å². The number of alkyl halides is 3. The zero-order chi connectivity index (χ0) is 19.2. The maximum absolute atomic E-state index is 13.2. The lowest BCUT2D eigenvalue weighted by molar-refractivity contribution is -0.137. The number of nitrogens with zero attached hydrogens (tertiary/aromatic N) is 3. The van der Waals surface area contributed by atoms with Crippen LogP contribution >= 0.6 is 0 Å². The Hall–Kier alpha value is -3.35. The fourth-order valence-electron chi connectivity index (χ4n) is 3.08. The van der Waals surface area contributed by atoms with E-state index in [9.17, 15) is 18.0 Å². The third-order valence-electron chi connectivity index (χ3n) is 4.23. The molecule has 0 bridgehead atoms. The lowest BCUT2D eigenvalue weighted by Gasteiger charge is -2.14. The molecule has 2 aromatic heterocycles. The molecule has 2 aromatic carbocycles. The predicted molar refractivity (Wildman–Crippen MR) is 96.0 cm³/mol. The second kappa shape index (κ2) is 6.12. The quantitative estimate of drug-likeness (QED) is 0.523. The van der Waals surface area contributed by atoms with Crippen LogP contribution in [0.2, 0.25) is 0 Å². The smallest absolute Gasteiger partial charge is 0.267 e. The fraction of sp³-hybridized carbons (Fsp3) is 0.100. The van der Waals surface area contributed by atoms with E-state index in [4.69, 9.17) is 0 Å². The SMILES string of the molecule is Cc1cc(=O)n2c(cc(-c3ccccc3)n2-c2cccc(C(F)(F)F)c2)n1. The summed E-state index contributed by atoms with van der Waals surface area (Å²) < 4.78 is 42.3. The van der Waals surface area contributed by atoms with Gasteiger partial charge in [-0.1, -0.05) is 36.4 Å². The van der Waals surface area contributed by atoms with Gasteiger partial charge in [-0.3, -0.25) is 4.79 Å². The second-order valence-corrected chi connectivity index (χ2v) is 6.16. The normalized spacial score (nSPS) is 11.9. The van der Waals surface area contributed by atoms with Crippen LogP contribution < -0.4 is 5.56 Å². The van der Waals surface area contributed by atoms with Crippen LogP contribution in [0.3, 0.4) is 0 Å². The second-order valence-electron chi connectivity index (χ2n) is 6.16. The average molecular weight is 369 g/mol. The summed E-state index contributed by atoms with van der Waals surface area (Å²) in [6.45, 7) is 1.70. The summed E-state index contributed by atoms with van der Waals surface area (Å²) in [4.78, 5) is 17.0. The Morgan fingerprint density at radius 1 is 0.926 bits per heavy atom. The molecule has 136 valence electrons. The summed E-state index contributed by atoms with van der Waals surface area (Å²) in [6, 6.07) is 17.1. The van der Waals surface area contributed by atoms with Crippen LogP contribution in [0.15, 0.2) is 71.5 Å². The lowest BCUT2D eigenvalue weighted by Crippen LogP contribution is -2.21. The van der Waals surface area contributed by atoms with Gasteiger partial charge >= 0.3 is 6.18 Å². The van der Waals surface area contributed by atoms with Gasteiger partial charge < -0.3 is 0 Å². The summed E-state index contributed by atoms with van der Waals surface area (Å²) in [6.07, 6.45) is -4.48. The molecule has 0 radical (unpaired) electrons. The van der Waals surface area contributed by atoms with Crippen molar-refractivity contribution in [2.45, 2.75) is 13.1 Å². The van der Waals surface area contributed by atoms with Gasteiger partial charge in [-0.05, 0) is 25.1 Å². The molecular weight excluding hydrogens is 355 g/mol. The molecule has 0 N–H and O–H groups in total. The molecule has 0 aliphatic heterocycles. The van der Waals surface area contributed by atoms with Crippen LogP contribution in [0.25, 0.3) is 22.6 Å². The number of aromatic nitrogens is 3. The molecule has 2 heterocycles. The van der Waals surface area contributed by atoms with Crippen LogP contribution in [-0.4, -0.2) is 14.2 Å². The van der Waals surface area contributed by atoms with Gasteiger partial charge in [0.05, 0.1) is 16.9 Å². The Bertz CT molecular complexity index is 1190. The van der Waals surface area contributed by atoms with E-state index >= 15 is 0 Å². The Kier molecular flexibility index (Phi) is 3.87. The molecule has 0 saturated carbocycles. The highest BCUT2D eigenvalue weighted by Crippen LogP contribution is 2.32. The van der Waals surface area contributed by atoms with Crippen molar-refractivity contribution in [2.24, 2.45) is 0 Å². The van der Waals surface area contributed by atoms with Crippen LogP contribution in [-0.2, 0) is 6.18 Å². The van der Waals surface area contributed by atoms with Crippen molar-refractivity contribution < 1.29 is 13.2 Å². The molecule has 0 atom stereocenters. The molecule has 4 aromatic rings. The van der Waals surface area contributed by atoms with Gasteiger partial charge in [0, 0.05) is 23.4 Å². The summed E-state index contributed by atoms with van der Waals surface area (Å²) in [5.74, 6) is 0. The number of rotatable bonds is 2. The number of hydrogen-bond acceptors (Lipinski definition) is 2. The van der Waals surface area contributed by atoms with E-state index in [1.54, 1.807) is 13.0 Å². The van der Waals surface area contributed by atoms with Gasteiger partial charge in [-0.15, -0.1) is 0 Å². The van der Waals surface area contributed by atoms with E-state index in [1.165, 1.54) is 27.4 Å². The summed E-state index contributed by atoms with van der Waals surface area (Å²) >= 11 is 0. The summed E-state index contributed by atoms with van der Waals surface area (Å²) in [7, 11) is 0. The minimum atomic E-state index is -4.48. The van der Waals surface area contributed by atoms with Gasteiger partial charge in [0.2, 0.25) is 0 Å². The molecule has 4 rings (SSSR count). The molecule has 0 fully saturated rings.